The summed E-state index contributed by atoms with van der Waals surface area (Å²) in [6.07, 6.45) is -1.98. The minimum Gasteiger partial charge on any atom is -0.491 e. The molecule has 3 nitrogen and oxygen atoms in total. The zero-order valence-electron chi connectivity index (χ0n) is 17.3. The molecule has 2 heterocycles. The van der Waals surface area contributed by atoms with Crippen molar-refractivity contribution < 1.29 is 22.6 Å². The molecule has 3 atom stereocenters. The van der Waals surface area contributed by atoms with Gasteiger partial charge >= 0.3 is 6.18 Å². The molecule has 30 heavy (non-hydrogen) atoms. The summed E-state index contributed by atoms with van der Waals surface area (Å²) in [5.41, 5.74) is 0.678. The fourth-order valence-corrected chi connectivity index (χ4v) is 4.81. The lowest BCUT2D eigenvalue weighted by Crippen LogP contribution is -2.48. The van der Waals surface area contributed by atoms with Crippen LogP contribution in [0.3, 0.4) is 0 Å². The van der Waals surface area contributed by atoms with Gasteiger partial charge in [0.05, 0.1) is 29.9 Å². The molecule has 1 N–H and O–H groups in total. The third kappa shape index (κ3) is 4.21. The molecule has 0 bridgehead atoms. The second-order valence-corrected chi connectivity index (χ2v) is 8.60. The Morgan fingerprint density at radius 1 is 1.13 bits per heavy atom. The molecular weight excluding hydrogens is 391 g/mol. The van der Waals surface area contributed by atoms with E-state index < -0.39 is 17.3 Å². The van der Waals surface area contributed by atoms with Crippen molar-refractivity contribution in [3.63, 3.8) is 0 Å². The molecule has 0 aromatic heterocycles. The van der Waals surface area contributed by atoms with E-state index in [1.165, 1.54) is 12.1 Å². The predicted molar refractivity (Wildman–Crippen MR) is 110 cm³/mol. The second-order valence-electron chi connectivity index (χ2n) is 8.60. The quantitative estimate of drug-likeness (QED) is 0.673. The molecule has 0 aliphatic carbocycles. The SMILES string of the molecule is CC(C)Oc1ccc(C(F)(F)F)cc1[C@H]1CO[C@]2(CCCN[C@H]2c2ccccc2)C1. The van der Waals surface area contributed by atoms with Crippen LogP contribution in [-0.4, -0.2) is 24.9 Å². The highest BCUT2D eigenvalue weighted by atomic mass is 19.4. The van der Waals surface area contributed by atoms with Crippen LogP contribution in [0.15, 0.2) is 48.5 Å². The summed E-state index contributed by atoms with van der Waals surface area (Å²) in [6.45, 7) is 5.05. The van der Waals surface area contributed by atoms with Crippen LogP contribution in [-0.2, 0) is 10.9 Å². The number of alkyl halides is 3. The first-order chi connectivity index (χ1) is 14.3. The summed E-state index contributed by atoms with van der Waals surface area (Å²) in [5, 5.41) is 3.59. The Kier molecular flexibility index (Phi) is 5.82. The van der Waals surface area contributed by atoms with Crippen LogP contribution in [0.4, 0.5) is 13.2 Å². The standard InChI is InChI=1S/C24H28F3NO2/c1-16(2)30-21-10-9-19(24(25,26)27)13-20(21)18-14-23(29-15-18)11-6-12-28-22(23)17-7-4-3-5-8-17/h3-5,7-10,13,16,18,22,28H,6,11-12,14-15H2,1-2H3/t18-,22+,23-/m1/s1. The minimum absolute atomic E-state index is 0.0257. The highest BCUT2D eigenvalue weighted by Crippen LogP contribution is 2.50. The van der Waals surface area contributed by atoms with Crippen molar-refractivity contribution in [3.05, 3.63) is 65.2 Å². The summed E-state index contributed by atoms with van der Waals surface area (Å²) < 4.78 is 52.5. The molecule has 2 aliphatic heterocycles. The van der Waals surface area contributed by atoms with E-state index in [2.05, 4.69) is 17.4 Å². The lowest BCUT2D eigenvalue weighted by molar-refractivity contribution is -0.137. The van der Waals surface area contributed by atoms with Crippen LogP contribution in [0.25, 0.3) is 0 Å². The van der Waals surface area contributed by atoms with Crippen LogP contribution in [0.2, 0.25) is 0 Å². The highest BCUT2D eigenvalue weighted by molar-refractivity contribution is 5.42. The van der Waals surface area contributed by atoms with Gasteiger partial charge in [-0.25, -0.2) is 0 Å². The Morgan fingerprint density at radius 3 is 2.60 bits per heavy atom. The highest BCUT2D eigenvalue weighted by Gasteiger charge is 2.49. The Morgan fingerprint density at radius 2 is 1.90 bits per heavy atom. The Bertz CT molecular complexity index is 868. The van der Waals surface area contributed by atoms with Gasteiger partial charge in [-0.05, 0) is 63.4 Å². The Hall–Kier alpha value is -2.05. The lowest BCUT2D eigenvalue weighted by atomic mass is 9.76. The van der Waals surface area contributed by atoms with E-state index in [0.29, 0.717) is 24.3 Å². The number of benzene rings is 2. The molecule has 0 saturated carbocycles. The van der Waals surface area contributed by atoms with Gasteiger partial charge in [-0.15, -0.1) is 0 Å². The molecule has 2 aromatic carbocycles. The number of rotatable bonds is 4. The van der Waals surface area contributed by atoms with Crippen molar-refractivity contribution in [1.82, 2.24) is 5.32 Å². The molecule has 2 aromatic rings. The van der Waals surface area contributed by atoms with Crippen molar-refractivity contribution >= 4 is 0 Å². The predicted octanol–water partition coefficient (Wildman–Crippen LogP) is 5.86. The summed E-state index contributed by atoms with van der Waals surface area (Å²) in [4.78, 5) is 0. The zero-order chi connectivity index (χ0) is 21.4. The van der Waals surface area contributed by atoms with E-state index in [1.807, 2.05) is 32.0 Å². The average molecular weight is 419 g/mol. The molecule has 4 rings (SSSR count). The summed E-state index contributed by atoms with van der Waals surface area (Å²) in [5.74, 6) is 0.371. The topological polar surface area (TPSA) is 30.5 Å². The molecule has 1 spiro atoms. The van der Waals surface area contributed by atoms with Crippen LogP contribution < -0.4 is 10.1 Å². The molecule has 2 saturated heterocycles. The van der Waals surface area contributed by atoms with Crippen LogP contribution in [0.1, 0.15) is 61.8 Å². The lowest BCUT2D eigenvalue weighted by Gasteiger charge is -2.41. The molecular formula is C24H28F3NO2. The number of nitrogens with one attached hydrogen (secondary N) is 1. The molecule has 0 unspecified atom stereocenters. The average Bonchev–Trinajstić information content (AvgIpc) is 3.12. The van der Waals surface area contributed by atoms with Crippen LogP contribution in [0.5, 0.6) is 5.75 Å². The minimum atomic E-state index is -4.39. The Balaban J connectivity index is 1.67. The van der Waals surface area contributed by atoms with E-state index in [4.69, 9.17) is 9.47 Å². The normalized spacial score (nSPS) is 27.0. The van der Waals surface area contributed by atoms with E-state index in [0.717, 1.165) is 31.0 Å². The fraction of sp³-hybridized carbons (Fsp3) is 0.500. The zero-order valence-corrected chi connectivity index (χ0v) is 17.3. The molecule has 162 valence electrons. The van der Waals surface area contributed by atoms with Gasteiger partial charge in [0.25, 0.3) is 0 Å². The maximum atomic E-state index is 13.4. The van der Waals surface area contributed by atoms with Gasteiger partial charge in [-0.2, -0.15) is 13.2 Å². The number of piperidine rings is 1. The summed E-state index contributed by atoms with van der Waals surface area (Å²) >= 11 is 0. The number of halogens is 3. The van der Waals surface area contributed by atoms with E-state index in [9.17, 15) is 13.2 Å². The van der Waals surface area contributed by atoms with Crippen molar-refractivity contribution in [3.8, 4) is 5.75 Å². The van der Waals surface area contributed by atoms with Gasteiger partial charge < -0.3 is 14.8 Å². The Labute approximate surface area is 175 Å². The van der Waals surface area contributed by atoms with E-state index in [1.54, 1.807) is 0 Å². The first-order valence-corrected chi connectivity index (χ1v) is 10.6. The van der Waals surface area contributed by atoms with Crippen LogP contribution >= 0.6 is 0 Å². The van der Waals surface area contributed by atoms with Crippen molar-refractivity contribution in [2.45, 2.75) is 63.0 Å². The van der Waals surface area contributed by atoms with Crippen molar-refractivity contribution in [2.75, 3.05) is 13.2 Å². The largest absolute Gasteiger partial charge is 0.491 e. The van der Waals surface area contributed by atoms with Gasteiger partial charge in [0.1, 0.15) is 5.75 Å². The maximum absolute atomic E-state index is 13.4. The van der Waals surface area contributed by atoms with E-state index in [-0.39, 0.29) is 18.1 Å². The van der Waals surface area contributed by atoms with Gasteiger partial charge in [0.2, 0.25) is 0 Å². The maximum Gasteiger partial charge on any atom is 0.416 e. The van der Waals surface area contributed by atoms with Gasteiger partial charge in [0, 0.05) is 11.5 Å². The monoisotopic (exact) mass is 419 g/mol. The molecule has 0 radical (unpaired) electrons. The smallest absolute Gasteiger partial charge is 0.416 e. The molecule has 2 fully saturated rings. The molecule has 6 heteroatoms. The van der Waals surface area contributed by atoms with Crippen molar-refractivity contribution in [2.24, 2.45) is 0 Å². The second kappa shape index (κ2) is 8.23. The third-order valence-corrected chi connectivity index (χ3v) is 6.09. The molecule has 0 amide bonds. The number of hydrogen-bond acceptors (Lipinski definition) is 3. The third-order valence-electron chi connectivity index (χ3n) is 6.09. The number of ether oxygens (including phenoxy) is 2. The van der Waals surface area contributed by atoms with Crippen molar-refractivity contribution in [1.29, 1.82) is 0 Å². The fourth-order valence-electron chi connectivity index (χ4n) is 4.81. The van der Waals surface area contributed by atoms with Gasteiger partial charge in [0.15, 0.2) is 0 Å². The first kappa shape index (κ1) is 21.2. The van der Waals surface area contributed by atoms with E-state index >= 15 is 0 Å². The van der Waals surface area contributed by atoms with Crippen LogP contribution in [0, 0.1) is 0 Å². The summed E-state index contributed by atoms with van der Waals surface area (Å²) in [7, 11) is 0. The van der Waals surface area contributed by atoms with Gasteiger partial charge in [-0.3, -0.25) is 0 Å². The number of hydrogen-bond donors (Lipinski definition) is 1. The summed E-state index contributed by atoms with van der Waals surface area (Å²) in [6, 6.07) is 14.0. The molecule has 2 aliphatic rings. The first-order valence-electron chi connectivity index (χ1n) is 10.6. The van der Waals surface area contributed by atoms with Gasteiger partial charge in [-0.1, -0.05) is 30.3 Å².